The lowest BCUT2D eigenvalue weighted by atomic mass is 10.4. The Morgan fingerprint density at radius 2 is 1.58 bits per heavy atom. The second-order valence-corrected chi connectivity index (χ2v) is 2.28. The summed E-state index contributed by atoms with van der Waals surface area (Å²) in [6, 6.07) is 0. The predicted molar refractivity (Wildman–Crippen MR) is 43.5 cm³/mol. The zero-order chi connectivity index (χ0) is 9.23. The van der Waals surface area contributed by atoms with Gasteiger partial charge >= 0.3 is 0 Å². The highest BCUT2D eigenvalue weighted by Gasteiger charge is 1.95. The van der Waals surface area contributed by atoms with Crippen molar-refractivity contribution in [3.05, 3.63) is 0 Å². The third-order valence-corrected chi connectivity index (χ3v) is 1.15. The second kappa shape index (κ2) is 8.89. The van der Waals surface area contributed by atoms with Crippen LogP contribution in [0.25, 0.3) is 0 Å². The number of aliphatic hydroxyl groups is 2. The highest BCUT2D eigenvalue weighted by Crippen LogP contribution is 1.87. The number of hydrogen-bond acceptors (Lipinski definition) is 5. The fraction of sp³-hybridized carbons (Fsp3) is 1.00. The molecule has 5 heteroatoms. The van der Waals surface area contributed by atoms with Gasteiger partial charge in [-0.1, -0.05) is 0 Å². The van der Waals surface area contributed by atoms with Gasteiger partial charge in [-0.05, 0) is 0 Å². The first-order chi connectivity index (χ1) is 5.77. The van der Waals surface area contributed by atoms with Gasteiger partial charge in [0.1, 0.15) is 0 Å². The van der Waals surface area contributed by atoms with E-state index in [0.717, 1.165) is 0 Å². The molecule has 0 unspecified atom stereocenters. The van der Waals surface area contributed by atoms with Gasteiger partial charge in [-0.15, -0.1) is 0 Å². The van der Waals surface area contributed by atoms with Crippen LogP contribution in [0.1, 0.15) is 6.42 Å². The average molecular weight is 179 g/mol. The summed E-state index contributed by atoms with van der Waals surface area (Å²) in [5.41, 5.74) is 5.18. The molecule has 0 aliphatic rings. The van der Waals surface area contributed by atoms with E-state index >= 15 is 0 Å². The normalized spacial score (nSPS) is 11.0. The summed E-state index contributed by atoms with van der Waals surface area (Å²) in [4.78, 5) is 0. The molecule has 0 aromatic carbocycles. The third-order valence-electron chi connectivity index (χ3n) is 1.15. The number of hydrogen-bond donors (Lipinski definition) is 3. The first-order valence-electron chi connectivity index (χ1n) is 3.99. The van der Waals surface area contributed by atoms with Crippen LogP contribution >= 0.6 is 0 Å². The number of ether oxygens (including phenoxy) is 2. The van der Waals surface area contributed by atoms with Crippen LogP contribution in [0.3, 0.4) is 0 Å². The summed E-state index contributed by atoms with van der Waals surface area (Å²) in [7, 11) is 0. The van der Waals surface area contributed by atoms with Gasteiger partial charge in [-0.3, -0.25) is 0 Å². The van der Waals surface area contributed by atoms with E-state index in [9.17, 15) is 0 Å². The van der Waals surface area contributed by atoms with Crippen molar-refractivity contribution in [2.75, 3.05) is 33.0 Å². The Bertz CT molecular complexity index is 89.5. The molecule has 0 saturated carbocycles. The molecule has 0 aromatic rings. The fourth-order valence-electron chi connectivity index (χ4n) is 0.594. The van der Waals surface area contributed by atoms with E-state index in [1.165, 1.54) is 0 Å². The van der Waals surface area contributed by atoms with Crippen molar-refractivity contribution in [3.8, 4) is 0 Å². The molecule has 0 rings (SSSR count). The minimum absolute atomic E-state index is 0.233. The highest BCUT2D eigenvalue weighted by molar-refractivity contribution is 4.37. The van der Waals surface area contributed by atoms with Crippen molar-refractivity contribution >= 4 is 0 Å². The van der Waals surface area contributed by atoms with E-state index in [1.54, 1.807) is 0 Å². The molecular formula is C7H17NO4. The lowest BCUT2D eigenvalue weighted by Crippen LogP contribution is -2.14. The molecule has 0 aromatic heterocycles. The summed E-state index contributed by atoms with van der Waals surface area (Å²) in [6.07, 6.45) is -1.05. The summed E-state index contributed by atoms with van der Waals surface area (Å²) < 4.78 is 10.0. The molecule has 0 aliphatic carbocycles. The molecule has 0 fully saturated rings. The van der Waals surface area contributed by atoms with E-state index in [1.807, 2.05) is 0 Å². The third kappa shape index (κ3) is 9.80. The van der Waals surface area contributed by atoms with Crippen LogP contribution in [0.5, 0.6) is 0 Å². The maximum absolute atomic E-state index is 8.42. The zero-order valence-corrected chi connectivity index (χ0v) is 7.11. The molecule has 0 atom stereocenters. The van der Waals surface area contributed by atoms with Gasteiger partial charge in [0.2, 0.25) is 0 Å². The smallest absolute Gasteiger partial charge is 0.153 e. The minimum Gasteiger partial charge on any atom is -0.379 e. The maximum atomic E-state index is 8.42. The van der Waals surface area contributed by atoms with Crippen LogP contribution < -0.4 is 5.73 Å². The Balaban J connectivity index is 2.82. The van der Waals surface area contributed by atoms with Gasteiger partial charge < -0.3 is 25.4 Å². The molecular weight excluding hydrogens is 162 g/mol. The molecule has 4 N–H and O–H groups in total. The summed E-state index contributed by atoms with van der Waals surface area (Å²) >= 11 is 0. The minimum atomic E-state index is -1.28. The first-order valence-corrected chi connectivity index (χ1v) is 3.99. The Kier molecular flexibility index (Phi) is 8.74. The van der Waals surface area contributed by atoms with Gasteiger partial charge in [0.15, 0.2) is 6.29 Å². The van der Waals surface area contributed by atoms with Crippen LogP contribution in [0, 0.1) is 0 Å². The highest BCUT2D eigenvalue weighted by atomic mass is 16.5. The van der Waals surface area contributed by atoms with Gasteiger partial charge in [0.05, 0.1) is 26.4 Å². The SMILES string of the molecule is NCCOCCOCCC(O)O. The van der Waals surface area contributed by atoms with Crippen molar-refractivity contribution in [2.24, 2.45) is 5.73 Å². The Labute approximate surface area is 72.1 Å². The Morgan fingerprint density at radius 3 is 2.08 bits per heavy atom. The quantitative estimate of drug-likeness (QED) is 0.318. The van der Waals surface area contributed by atoms with Gasteiger partial charge in [-0.25, -0.2) is 0 Å². The van der Waals surface area contributed by atoms with E-state index < -0.39 is 6.29 Å². The second-order valence-electron chi connectivity index (χ2n) is 2.28. The molecule has 0 saturated heterocycles. The summed E-state index contributed by atoms with van der Waals surface area (Å²) in [5.74, 6) is 0. The van der Waals surface area contributed by atoms with E-state index in [0.29, 0.717) is 33.0 Å². The zero-order valence-electron chi connectivity index (χ0n) is 7.11. The first kappa shape index (κ1) is 11.8. The largest absolute Gasteiger partial charge is 0.379 e. The number of rotatable bonds is 8. The Morgan fingerprint density at radius 1 is 1.00 bits per heavy atom. The molecule has 5 nitrogen and oxygen atoms in total. The summed E-state index contributed by atoms with van der Waals surface area (Å²) in [5, 5.41) is 16.8. The molecule has 0 amide bonds. The van der Waals surface area contributed by atoms with Crippen molar-refractivity contribution in [2.45, 2.75) is 12.7 Å². The lowest BCUT2D eigenvalue weighted by molar-refractivity contribution is -0.0642. The van der Waals surface area contributed by atoms with Gasteiger partial charge in [0, 0.05) is 13.0 Å². The maximum Gasteiger partial charge on any atom is 0.153 e. The van der Waals surface area contributed by atoms with Crippen molar-refractivity contribution < 1.29 is 19.7 Å². The van der Waals surface area contributed by atoms with Crippen LogP contribution in [0.15, 0.2) is 0 Å². The van der Waals surface area contributed by atoms with E-state index in [4.69, 9.17) is 25.4 Å². The molecule has 0 spiro atoms. The fourth-order valence-corrected chi connectivity index (χ4v) is 0.594. The van der Waals surface area contributed by atoms with Gasteiger partial charge in [-0.2, -0.15) is 0 Å². The number of nitrogens with two attached hydrogens (primary N) is 1. The van der Waals surface area contributed by atoms with Crippen LogP contribution in [-0.4, -0.2) is 49.5 Å². The molecule has 0 heterocycles. The topological polar surface area (TPSA) is 84.9 Å². The van der Waals surface area contributed by atoms with Crippen molar-refractivity contribution in [3.63, 3.8) is 0 Å². The molecule has 0 aliphatic heterocycles. The molecule has 12 heavy (non-hydrogen) atoms. The predicted octanol–water partition coefficient (Wildman–Crippen LogP) is -1.32. The monoisotopic (exact) mass is 179 g/mol. The average Bonchev–Trinajstić information content (AvgIpc) is 2.02. The van der Waals surface area contributed by atoms with Gasteiger partial charge in [0.25, 0.3) is 0 Å². The van der Waals surface area contributed by atoms with E-state index in [-0.39, 0.29) is 6.42 Å². The lowest BCUT2D eigenvalue weighted by Gasteiger charge is -2.05. The summed E-state index contributed by atoms with van der Waals surface area (Å²) in [6.45, 7) is 2.34. The standard InChI is InChI=1S/C7H17NO4/c8-2-4-12-6-5-11-3-1-7(9)10/h7,9-10H,1-6,8H2. The van der Waals surface area contributed by atoms with E-state index in [2.05, 4.69) is 0 Å². The Hall–Kier alpha value is -0.200. The van der Waals surface area contributed by atoms with Crippen molar-refractivity contribution in [1.29, 1.82) is 0 Å². The molecule has 74 valence electrons. The van der Waals surface area contributed by atoms with Crippen LogP contribution in [-0.2, 0) is 9.47 Å². The van der Waals surface area contributed by atoms with Crippen LogP contribution in [0.4, 0.5) is 0 Å². The molecule has 0 bridgehead atoms. The van der Waals surface area contributed by atoms with Crippen molar-refractivity contribution in [1.82, 2.24) is 0 Å². The van der Waals surface area contributed by atoms with Crippen LogP contribution in [0.2, 0.25) is 0 Å². The number of aliphatic hydroxyl groups excluding tert-OH is 1. The molecule has 0 radical (unpaired) electrons.